The minimum Gasteiger partial charge on any atom is -0.482 e. The van der Waals surface area contributed by atoms with E-state index in [0.717, 1.165) is 41.7 Å². The fraction of sp³-hybridized carbons (Fsp3) is 0.409. The summed E-state index contributed by atoms with van der Waals surface area (Å²) in [7, 11) is 0. The molecule has 30 heavy (non-hydrogen) atoms. The van der Waals surface area contributed by atoms with E-state index in [0.29, 0.717) is 16.3 Å². The lowest BCUT2D eigenvalue weighted by molar-refractivity contribution is -0.149. The maximum absolute atomic E-state index is 12.4. The third-order valence-corrected chi connectivity index (χ3v) is 5.91. The standard InChI is InChI=1S/C22H25NO6S/c1-3-27-22(26)20-15-9-5-7-11-17(15)30-21(20)23-18(24)12-29-19(25)13-28-16-10-6-4-8-14(16)2/h4,6,8,10H,3,5,7,9,11-13H2,1-2H3,(H,23,24). The summed E-state index contributed by atoms with van der Waals surface area (Å²) in [5.41, 5.74) is 2.29. The highest BCUT2D eigenvalue weighted by molar-refractivity contribution is 7.17. The Labute approximate surface area is 179 Å². The quantitative estimate of drug-likeness (QED) is 0.642. The molecule has 0 aliphatic heterocycles. The van der Waals surface area contributed by atoms with Gasteiger partial charge in [-0.05, 0) is 56.7 Å². The summed E-state index contributed by atoms with van der Waals surface area (Å²) in [6, 6.07) is 7.31. The number of hydrogen-bond donors (Lipinski definition) is 1. The van der Waals surface area contributed by atoms with Gasteiger partial charge in [0, 0.05) is 4.88 Å². The number of aryl methyl sites for hydroxylation is 2. The Balaban J connectivity index is 1.57. The minimum atomic E-state index is -0.649. The number of fused-ring (bicyclic) bond motifs is 1. The van der Waals surface area contributed by atoms with Crippen LogP contribution in [0.3, 0.4) is 0 Å². The summed E-state index contributed by atoms with van der Waals surface area (Å²) in [6.07, 6.45) is 3.73. The zero-order valence-corrected chi connectivity index (χ0v) is 17.9. The molecule has 1 N–H and O–H groups in total. The Hall–Kier alpha value is -2.87. The van der Waals surface area contributed by atoms with Crippen LogP contribution in [0.15, 0.2) is 24.3 Å². The van der Waals surface area contributed by atoms with Gasteiger partial charge in [-0.15, -0.1) is 11.3 Å². The Morgan fingerprint density at radius 2 is 1.83 bits per heavy atom. The van der Waals surface area contributed by atoms with Crippen molar-refractivity contribution in [3.8, 4) is 5.75 Å². The van der Waals surface area contributed by atoms with Crippen molar-refractivity contribution < 1.29 is 28.6 Å². The zero-order valence-electron chi connectivity index (χ0n) is 17.1. The number of hydrogen-bond acceptors (Lipinski definition) is 7. The fourth-order valence-corrected chi connectivity index (χ4v) is 4.57. The van der Waals surface area contributed by atoms with Crippen molar-refractivity contribution >= 4 is 34.2 Å². The summed E-state index contributed by atoms with van der Waals surface area (Å²) in [5, 5.41) is 3.16. The molecule has 1 aliphatic carbocycles. The summed E-state index contributed by atoms with van der Waals surface area (Å²) in [5.74, 6) is -1.01. The first kappa shape index (κ1) is 21.8. The first-order valence-electron chi connectivity index (χ1n) is 9.95. The highest BCUT2D eigenvalue weighted by atomic mass is 32.1. The number of carbonyl (C=O) groups is 3. The molecule has 7 nitrogen and oxygen atoms in total. The molecule has 1 aromatic carbocycles. The lowest BCUT2D eigenvalue weighted by Crippen LogP contribution is -2.24. The summed E-state index contributed by atoms with van der Waals surface area (Å²) >= 11 is 1.39. The second kappa shape index (κ2) is 10.2. The number of benzene rings is 1. The Bertz CT molecular complexity index is 936. The van der Waals surface area contributed by atoms with E-state index in [2.05, 4.69) is 5.32 Å². The first-order valence-corrected chi connectivity index (χ1v) is 10.8. The molecule has 0 atom stereocenters. The molecule has 0 unspecified atom stereocenters. The second-order valence-electron chi connectivity index (χ2n) is 6.90. The van der Waals surface area contributed by atoms with Gasteiger partial charge in [0.1, 0.15) is 10.8 Å². The highest BCUT2D eigenvalue weighted by Crippen LogP contribution is 2.38. The maximum atomic E-state index is 12.4. The second-order valence-corrected chi connectivity index (χ2v) is 8.00. The van der Waals surface area contributed by atoms with Crippen LogP contribution in [0.5, 0.6) is 5.75 Å². The molecule has 0 fully saturated rings. The van der Waals surface area contributed by atoms with Crippen LogP contribution in [0, 0.1) is 6.92 Å². The van der Waals surface area contributed by atoms with Crippen LogP contribution in [0.1, 0.15) is 46.1 Å². The van der Waals surface area contributed by atoms with E-state index in [1.807, 2.05) is 25.1 Å². The van der Waals surface area contributed by atoms with Crippen LogP contribution in [-0.4, -0.2) is 37.7 Å². The van der Waals surface area contributed by atoms with Gasteiger partial charge in [-0.2, -0.15) is 0 Å². The lowest BCUT2D eigenvalue weighted by atomic mass is 9.95. The summed E-state index contributed by atoms with van der Waals surface area (Å²) in [4.78, 5) is 37.7. The predicted molar refractivity (Wildman–Crippen MR) is 113 cm³/mol. The third kappa shape index (κ3) is 5.38. The molecular formula is C22H25NO6S. The number of esters is 2. The van der Waals surface area contributed by atoms with Crippen molar-refractivity contribution in [2.45, 2.75) is 39.5 Å². The summed E-state index contributed by atoms with van der Waals surface area (Å²) in [6.45, 7) is 3.12. The predicted octanol–water partition coefficient (Wildman–Crippen LogP) is 3.67. The number of nitrogens with one attached hydrogen (secondary N) is 1. The molecule has 3 rings (SSSR count). The van der Waals surface area contributed by atoms with Crippen LogP contribution in [0.4, 0.5) is 5.00 Å². The number of rotatable bonds is 8. The van der Waals surface area contributed by atoms with Gasteiger partial charge in [0.25, 0.3) is 5.91 Å². The average Bonchev–Trinajstić information content (AvgIpc) is 3.09. The summed E-state index contributed by atoms with van der Waals surface area (Å²) < 4.78 is 15.6. The van der Waals surface area contributed by atoms with Gasteiger partial charge in [0.15, 0.2) is 13.2 Å². The molecule has 1 amide bonds. The fourth-order valence-electron chi connectivity index (χ4n) is 3.28. The van der Waals surface area contributed by atoms with Crippen molar-refractivity contribution in [2.75, 3.05) is 25.1 Å². The van der Waals surface area contributed by atoms with Crippen LogP contribution in [-0.2, 0) is 31.9 Å². The normalized spacial score (nSPS) is 12.6. The number of para-hydroxylation sites is 1. The molecule has 0 saturated heterocycles. The van der Waals surface area contributed by atoms with Gasteiger partial charge in [0.05, 0.1) is 12.2 Å². The Morgan fingerprint density at radius 1 is 1.07 bits per heavy atom. The maximum Gasteiger partial charge on any atom is 0.344 e. The molecule has 1 aromatic heterocycles. The molecule has 160 valence electrons. The van der Waals surface area contributed by atoms with Crippen molar-refractivity contribution in [3.63, 3.8) is 0 Å². The number of amides is 1. The topological polar surface area (TPSA) is 90.9 Å². The van der Waals surface area contributed by atoms with Crippen molar-refractivity contribution in [1.82, 2.24) is 0 Å². The lowest BCUT2D eigenvalue weighted by Gasteiger charge is -2.12. The first-order chi connectivity index (χ1) is 14.5. The van der Waals surface area contributed by atoms with Gasteiger partial charge in [0.2, 0.25) is 0 Å². The largest absolute Gasteiger partial charge is 0.482 e. The molecule has 0 bridgehead atoms. The van der Waals surface area contributed by atoms with Crippen molar-refractivity contribution in [3.05, 3.63) is 45.8 Å². The molecule has 8 heteroatoms. The smallest absolute Gasteiger partial charge is 0.344 e. The van der Waals surface area contributed by atoms with E-state index in [1.165, 1.54) is 11.3 Å². The molecule has 0 saturated carbocycles. The number of thiophene rings is 1. The third-order valence-electron chi connectivity index (χ3n) is 4.71. The van der Waals surface area contributed by atoms with Gasteiger partial charge in [-0.1, -0.05) is 18.2 Å². The van der Waals surface area contributed by atoms with Gasteiger partial charge in [-0.3, -0.25) is 4.79 Å². The van der Waals surface area contributed by atoms with E-state index < -0.39 is 24.5 Å². The van der Waals surface area contributed by atoms with Gasteiger partial charge >= 0.3 is 11.9 Å². The average molecular weight is 432 g/mol. The number of carbonyl (C=O) groups excluding carboxylic acids is 3. The molecule has 0 radical (unpaired) electrons. The van der Waals surface area contributed by atoms with Crippen molar-refractivity contribution in [2.24, 2.45) is 0 Å². The Morgan fingerprint density at radius 3 is 2.60 bits per heavy atom. The SMILES string of the molecule is CCOC(=O)c1c(NC(=O)COC(=O)COc2ccccc2C)sc2c1CCCC2. The Kier molecular flexibility index (Phi) is 7.46. The van der Waals surface area contributed by atoms with Gasteiger partial charge in [-0.25, -0.2) is 9.59 Å². The van der Waals surface area contributed by atoms with E-state index in [-0.39, 0.29) is 13.2 Å². The number of anilines is 1. The highest BCUT2D eigenvalue weighted by Gasteiger charge is 2.27. The molecule has 0 spiro atoms. The van der Waals surface area contributed by atoms with Gasteiger partial charge < -0.3 is 19.5 Å². The number of ether oxygens (including phenoxy) is 3. The monoisotopic (exact) mass is 431 g/mol. The van der Waals surface area contributed by atoms with Crippen LogP contribution >= 0.6 is 11.3 Å². The molecular weight excluding hydrogens is 406 g/mol. The van der Waals surface area contributed by atoms with E-state index in [9.17, 15) is 14.4 Å². The van der Waals surface area contributed by atoms with Crippen LogP contribution < -0.4 is 10.1 Å². The molecule has 1 heterocycles. The zero-order chi connectivity index (χ0) is 21.5. The van der Waals surface area contributed by atoms with Crippen molar-refractivity contribution in [1.29, 1.82) is 0 Å². The van der Waals surface area contributed by atoms with E-state index in [4.69, 9.17) is 14.2 Å². The van der Waals surface area contributed by atoms with E-state index >= 15 is 0 Å². The molecule has 2 aromatic rings. The van der Waals surface area contributed by atoms with Crippen LogP contribution in [0.2, 0.25) is 0 Å². The molecule has 1 aliphatic rings. The minimum absolute atomic E-state index is 0.259. The van der Waals surface area contributed by atoms with Crippen LogP contribution in [0.25, 0.3) is 0 Å². The van der Waals surface area contributed by atoms with E-state index in [1.54, 1.807) is 13.0 Å².